The SMILES string of the molecule is O=C1C=C(NCCc2cnc[nH]2)c2ccccc2C1=O. The van der Waals surface area contributed by atoms with Crippen molar-refractivity contribution in [2.75, 3.05) is 6.54 Å². The second-order valence-electron chi connectivity index (χ2n) is 4.55. The van der Waals surface area contributed by atoms with Crippen LogP contribution in [0.1, 0.15) is 21.6 Å². The lowest BCUT2D eigenvalue weighted by atomic mass is 9.93. The van der Waals surface area contributed by atoms with Gasteiger partial charge in [0.25, 0.3) is 0 Å². The van der Waals surface area contributed by atoms with Gasteiger partial charge in [0, 0.05) is 47.8 Å². The number of hydrogen-bond donors (Lipinski definition) is 2. The van der Waals surface area contributed by atoms with Crippen molar-refractivity contribution in [1.29, 1.82) is 0 Å². The number of aromatic nitrogens is 2. The first kappa shape index (κ1) is 12.3. The van der Waals surface area contributed by atoms with Crippen molar-refractivity contribution in [2.45, 2.75) is 6.42 Å². The van der Waals surface area contributed by atoms with Gasteiger partial charge in [0.15, 0.2) is 0 Å². The zero-order valence-electron chi connectivity index (χ0n) is 10.7. The number of aromatic amines is 1. The van der Waals surface area contributed by atoms with Gasteiger partial charge in [-0.3, -0.25) is 9.59 Å². The summed E-state index contributed by atoms with van der Waals surface area (Å²) >= 11 is 0. The maximum absolute atomic E-state index is 11.8. The van der Waals surface area contributed by atoms with Gasteiger partial charge < -0.3 is 10.3 Å². The Hall–Kier alpha value is -2.69. The molecule has 0 unspecified atom stereocenters. The molecule has 1 heterocycles. The Morgan fingerprint density at radius 1 is 1.15 bits per heavy atom. The van der Waals surface area contributed by atoms with Crippen molar-refractivity contribution in [3.63, 3.8) is 0 Å². The summed E-state index contributed by atoms with van der Waals surface area (Å²) in [5.74, 6) is -0.924. The number of hydrogen-bond acceptors (Lipinski definition) is 4. The number of fused-ring (bicyclic) bond motifs is 1. The average Bonchev–Trinajstić information content (AvgIpc) is 2.97. The monoisotopic (exact) mass is 267 g/mol. The lowest BCUT2D eigenvalue weighted by molar-refractivity contribution is -0.111. The molecule has 1 aromatic heterocycles. The number of H-pyrrole nitrogens is 1. The number of allylic oxidation sites excluding steroid dienone is 1. The molecule has 0 saturated carbocycles. The van der Waals surface area contributed by atoms with Crippen LogP contribution in [0.3, 0.4) is 0 Å². The summed E-state index contributed by atoms with van der Waals surface area (Å²) in [5.41, 5.74) is 2.96. The fraction of sp³-hybridized carbons (Fsp3) is 0.133. The van der Waals surface area contributed by atoms with Crippen molar-refractivity contribution in [3.8, 4) is 0 Å². The number of Topliss-reactive ketones (excluding diaryl/α,β-unsaturated/α-hetero) is 1. The molecule has 0 radical (unpaired) electrons. The lowest BCUT2D eigenvalue weighted by Gasteiger charge is -2.17. The molecule has 1 aliphatic rings. The standard InChI is InChI=1S/C15H13N3O2/c19-14-7-13(17-6-5-10-8-16-9-18-10)11-3-1-2-4-12(11)15(14)20/h1-4,7-9,17H,5-6H2,(H,16,18). The highest BCUT2D eigenvalue weighted by molar-refractivity contribution is 6.50. The molecule has 0 saturated heterocycles. The van der Waals surface area contributed by atoms with E-state index in [0.29, 0.717) is 17.8 Å². The van der Waals surface area contributed by atoms with Gasteiger partial charge in [-0.25, -0.2) is 4.98 Å². The number of benzene rings is 1. The zero-order valence-corrected chi connectivity index (χ0v) is 10.7. The zero-order chi connectivity index (χ0) is 13.9. The van der Waals surface area contributed by atoms with Crippen LogP contribution in [0.25, 0.3) is 5.70 Å². The number of carbonyl (C=O) groups is 2. The summed E-state index contributed by atoms with van der Waals surface area (Å²) in [6, 6.07) is 7.14. The van der Waals surface area contributed by atoms with Crippen LogP contribution in [0.4, 0.5) is 0 Å². The first-order chi connectivity index (χ1) is 9.75. The minimum absolute atomic E-state index is 0.445. The smallest absolute Gasteiger partial charge is 0.233 e. The number of rotatable bonds is 4. The van der Waals surface area contributed by atoms with E-state index < -0.39 is 11.6 Å². The minimum atomic E-state index is -0.479. The highest BCUT2D eigenvalue weighted by Crippen LogP contribution is 2.22. The molecule has 3 rings (SSSR count). The maximum Gasteiger partial charge on any atom is 0.233 e. The fourth-order valence-corrected chi connectivity index (χ4v) is 2.22. The van der Waals surface area contributed by atoms with E-state index in [1.54, 1.807) is 24.7 Å². The molecule has 0 spiro atoms. The van der Waals surface area contributed by atoms with E-state index in [-0.39, 0.29) is 0 Å². The molecule has 0 amide bonds. The highest BCUT2D eigenvalue weighted by atomic mass is 16.2. The molecule has 0 fully saturated rings. The van der Waals surface area contributed by atoms with Gasteiger partial charge in [-0.2, -0.15) is 0 Å². The van der Waals surface area contributed by atoms with Crippen molar-refractivity contribution in [1.82, 2.24) is 15.3 Å². The van der Waals surface area contributed by atoms with Crippen molar-refractivity contribution in [2.24, 2.45) is 0 Å². The number of nitrogens with zero attached hydrogens (tertiary/aromatic N) is 1. The van der Waals surface area contributed by atoms with Crippen LogP contribution in [0.5, 0.6) is 0 Å². The van der Waals surface area contributed by atoms with E-state index in [1.807, 2.05) is 12.1 Å². The van der Waals surface area contributed by atoms with Crippen LogP contribution in [0.15, 0.2) is 42.9 Å². The Morgan fingerprint density at radius 3 is 2.70 bits per heavy atom. The molecule has 2 N–H and O–H groups in total. The van der Waals surface area contributed by atoms with Gasteiger partial charge in [-0.05, 0) is 0 Å². The predicted molar refractivity (Wildman–Crippen MR) is 74.1 cm³/mol. The van der Waals surface area contributed by atoms with Gasteiger partial charge >= 0.3 is 0 Å². The Balaban J connectivity index is 1.77. The summed E-state index contributed by atoms with van der Waals surface area (Å²) in [7, 11) is 0. The van der Waals surface area contributed by atoms with Gasteiger partial charge in [0.05, 0.1) is 6.33 Å². The molecule has 20 heavy (non-hydrogen) atoms. The molecular formula is C15H13N3O2. The Kier molecular flexibility index (Phi) is 3.16. The van der Waals surface area contributed by atoms with Gasteiger partial charge in [-0.1, -0.05) is 24.3 Å². The van der Waals surface area contributed by atoms with Gasteiger partial charge in [0.1, 0.15) is 0 Å². The summed E-state index contributed by atoms with van der Waals surface area (Å²) in [4.78, 5) is 30.4. The summed E-state index contributed by atoms with van der Waals surface area (Å²) < 4.78 is 0. The third-order valence-electron chi connectivity index (χ3n) is 3.23. The third kappa shape index (κ3) is 2.25. The molecule has 5 heteroatoms. The normalized spacial score (nSPS) is 13.9. The number of imidazole rings is 1. The molecule has 1 aliphatic carbocycles. The van der Waals surface area contributed by atoms with E-state index in [1.165, 1.54) is 6.08 Å². The Labute approximate surface area is 115 Å². The Morgan fingerprint density at radius 2 is 1.95 bits per heavy atom. The average molecular weight is 267 g/mol. The largest absolute Gasteiger partial charge is 0.384 e. The van der Waals surface area contributed by atoms with E-state index in [2.05, 4.69) is 15.3 Å². The summed E-state index contributed by atoms with van der Waals surface area (Å²) in [6.07, 6.45) is 5.53. The van der Waals surface area contributed by atoms with Crippen LogP contribution < -0.4 is 5.32 Å². The van der Waals surface area contributed by atoms with Crippen LogP contribution in [-0.4, -0.2) is 28.1 Å². The molecule has 2 aromatic rings. The second kappa shape index (κ2) is 5.13. The quantitative estimate of drug-likeness (QED) is 0.820. The van der Waals surface area contributed by atoms with E-state index in [4.69, 9.17) is 0 Å². The van der Waals surface area contributed by atoms with Crippen molar-refractivity contribution in [3.05, 3.63) is 59.7 Å². The Bertz CT molecular complexity index is 687. The predicted octanol–water partition coefficient (Wildman–Crippen LogP) is 1.35. The van der Waals surface area contributed by atoms with Crippen LogP contribution >= 0.6 is 0 Å². The van der Waals surface area contributed by atoms with E-state index in [0.717, 1.165) is 17.7 Å². The van der Waals surface area contributed by atoms with Crippen LogP contribution in [0.2, 0.25) is 0 Å². The summed E-state index contributed by atoms with van der Waals surface area (Å²) in [5, 5.41) is 3.21. The minimum Gasteiger partial charge on any atom is -0.384 e. The van der Waals surface area contributed by atoms with Crippen molar-refractivity contribution < 1.29 is 9.59 Å². The third-order valence-corrected chi connectivity index (χ3v) is 3.23. The molecule has 1 aromatic carbocycles. The number of nitrogens with one attached hydrogen (secondary N) is 2. The van der Waals surface area contributed by atoms with Crippen molar-refractivity contribution >= 4 is 17.3 Å². The lowest BCUT2D eigenvalue weighted by Crippen LogP contribution is -2.25. The molecule has 0 aliphatic heterocycles. The summed E-state index contributed by atoms with van der Waals surface area (Å²) in [6.45, 7) is 0.657. The molecule has 0 bridgehead atoms. The van der Waals surface area contributed by atoms with Gasteiger partial charge in [-0.15, -0.1) is 0 Å². The maximum atomic E-state index is 11.8. The first-order valence-electron chi connectivity index (χ1n) is 6.36. The van der Waals surface area contributed by atoms with Crippen LogP contribution in [0, 0.1) is 0 Å². The molecular weight excluding hydrogens is 254 g/mol. The second-order valence-corrected chi connectivity index (χ2v) is 4.55. The number of ketones is 2. The van der Waals surface area contributed by atoms with E-state index >= 15 is 0 Å². The molecule has 5 nitrogen and oxygen atoms in total. The number of carbonyl (C=O) groups excluding carboxylic acids is 2. The highest BCUT2D eigenvalue weighted by Gasteiger charge is 2.24. The fourth-order valence-electron chi connectivity index (χ4n) is 2.22. The van der Waals surface area contributed by atoms with E-state index in [9.17, 15) is 9.59 Å². The van der Waals surface area contributed by atoms with Crippen LogP contribution in [-0.2, 0) is 11.2 Å². The molecule has 100 valence electrons. The molecule has 0 atom stereocenters. The van der Waals surface area contributed by atoms with Gasteiger partial charge in [0.2, 0.25) is 11.6 Å². The topological polar surface area (TPSA) is 74.8 Å². The first-order valence-corrected chi connectivity index (χ1v) is 6.36.